The lowest BCUT2D eigenvalue weighted by Crippen LogP contribution is -2.45. The topological polar surface area (TPSA) is 9.72 Å². The van der Waals surface area contributed by atoms with Crippen molar-refractivity contribution in [3.05, 3.63) is 54.0 Å². The fourth-order valence-corrected chi connectivity index (χ4v) is 3.83. The van der Waals surface area contributed by atoms with Gasteiger partial charge in [0.15, 0.2) is 0 Å². The quantitative estimate of drug-likeness (QED) is 0.813. The molecule has 0 amide bonds. The van der Waals surface area contributed by atoms with E-state index in [1.165, 1.54) is 0 Å². The van der Waals surface area contributed by atoms with Gasteiger partial charge < -0.3 is 14.7 Å². The Morgan fingerprint density at radius 2 is 1.88 bits per heavy atom. The van der Waals surface area contributed by atoms with Crippen LogP contribution >= 0.6 is 0 Å². The molecule has 0 bridgehead atoms. The van der Waals surface area contributed by atoms with E-state index in [0.29, 0.717) is 0 Å². The summed E-state index contributed by atoms with van der Waals surface area (Å²) in [6.07, 6.45) is 4.92. The summed E-state index contributed by atoms with van der Waals surface area (Å²) in [5.74, 6) is -0.149. The van der Waals surface area contributed by atoms with Crippen LogP contribution in [0.5, 0.6) is 0 Å². The molecule has 2 heterocycles. The normalized spacial score (nSPS) is 18.2. The van der Waals surface area contributed by atoms with Crippen LogP contribution in [0.3, 0.4) is 0 Å². The first-order chi connectivity index (χ1) is 12.0. The lowest BCUT2D eigenvalue weighted by atomic mass is 9.91. The number of allylic oxidation sites excluding steroid dienone is 3. The molecule has 0 spiro atoms. The van der Waals surface area contributed by atoms with E-state index < -0.39 is 0 Å². The first-order valence-corrected chi connectivity index (χ1v) is 9.05. The minimum Gasteiger partial charge on any atom is -0.366 e. The zero-order chi connectivity index (χ0) is 18.1. The summed E-state index contributed by atoms with van der Waals surface area (Å²) in [6, 6.07) is 1.66. The van der Waals surface area contributed by atoms with Crippen molar-refractivity contribution in [2.45, 2.75) is 20.3 Å². The van der Waals surface area contributed by atoms with E-state index in [0.717, 1.165) is 72.8 Å². The van der Waals surface area contributed by atoms with E-state index in [2.05, 4.69) is 48.0 Å². The minimum atomic E-state index is -0.149. The number of piperazine rings is 1. The molecule has 2 aliphatic rings. The molecule has 1 saturated heterocycles. The van der Waals surface area contributed by atoms with Crippen LogP contribution in [0.1, 0.15) is 24.5 Å². The number of likely N-dealkylation sites (N-methyl/N-ethyl adjacent to an activating group) is 1. The van der Waals surface area contributed by atoms with Gasteiger partial charge in [-0.15, -0.1) is 0 Å². The third-order valence-corrected chi connectivity index (χ3v) is 5.22. The summed E-state index contributed by atoms with van der Waals surface area (Å²) >= 11 is 0. The van der Waals surface area contributed by atoms with Crippen molar-refractivity contribution in [2.24, 2.45) is 0 Å². The third kappa shape index (κ3) is 3.11. The van der Waals surface area contributed by atoms with E-state index in [-0.39, 0.29) is 5.82 Å². The van der Waals surface area contributed by atoms with Crippen LogP contribution in [-0.4, -0.2) is 44.7 Å². The first kappa shape index (κ1) is 17.7. The van der Waals surface area contributed by atoms with Crippen LogP contribution in [0, 0.1) is 12.7 Å². The number of hydrogen-bond donors (Lipinski definition) is 0. The molecule has 0 N–H and O–H groups in total. The summed E-state index contributed by atoms with van der Waals surface area (Å²) in [4.78, 5) is 6.70. The molecule has 1 aromatic rings. The van der Waals surface area contributed by atoms with E-state index in [4.69, 9.17) is 0 Å². The fourth-order valence-electron chi connectivity index (χ4n) is 3.83. The molecule has 2 aliphatic heterocycles. The van der Waals surface area contributed by atoms with Gasteiger partial charge in [0.2, 0.25) is 0 Å². The Morgan fingerprint density at radius 1 is 1.20 bits per heavy atom. The molecule has 0 radical (unpaired) electrons. The zero-order valence-corrected chi connectivity index (χ0v) is 15.6. The second kappa shape index (κ2) is 7.04. The van der Waals surface area contributed by atoms with Gasteiger partial charge in [-0.05, 0) is 43.2 Å². The number of nitrogens with zero attached hydrogens (tertiary/aromatic N) is 3. The Hall–Kier alpha value is -2.07. The highest BCUT2D eigenvalue weighted by Crippen LogP contribution is 2.43. The molecule has 25 heavy (non-hydrogen) atoms. The average Bonchev–Trinajstić information content (AvgIpc) is 2.59. The van der Waals surface area contributed by atoms with Gasteiger partial charge in [0.25, 0.3) is 0 Å². The Bertz CT molecular complexity index is 727. The number of hydrogen-bond acceptors (Lipinski definition) is 3. The Morgan fingerprint density at radius 3 is 2.48 bits per heavy atom. The summed E-state index contributed by atoms with van der Waals surface area (Å²) in [6.45, 7) is 16.8. The number of halogens is 1. The van der Waals surface area contributed by atoms with Crippen LogP contribution in [0.4, 0.5) is 15.8 Å². The number of anilines is 2. The molecule has 0 aromatic heterocycles. The zero-order valence-electron chi connectivity index (χ0n) is 15.6. The van der Waals surface area contributed by atoms with Gasteiger partial charge in [-0.1, -0.05) is 26.2 Å². The second-order valence-corrected chi connectivity index (χ2v) is 6.98. The van der Waals surface area contributed by atoms with Crippen LogP contribution in [-0.2, 0) is 0 Å². The highest BCUT2D eigenvalue weighted by Gasteiger charge is 2.28. The molecule has 134 valence electrons. The van der Waals surface area contributed by atoms with Crippen LogP contribution < -0.4 is 9.80 Å². The van der Waals surface area contributed by atoms with Crippen molar-refractivity contribution in [3.63, 3.8) is 0 Å². The maximum atomic E-state index is 15.1. The molecule has 0 aliphatic carbocycles. The SMILES string of the molecule is C=CC1=CN(CCC)c2c(cc(F)c(N3CCN(C)CC3)c2C)C1=C. The molecule has 1 fully saturated rings. The van der Waals surface area contributed by atoms with E-state index in [1.807, 2.05) is 6.92 Å². The van der Waals surface area contributed by atoms with Gasteiger partial charge in [-0.2, -0.15) is 0 Å². The summed E-state index contributed by atoms with van der Waals surface area (Å²) < 4.78 is 15.1. The predicted octanol–water partition coefficient (Wildman–Crippen LogP) is 4.20. The molecule has 1 aromatic carbocycles. The average molecular weight is 341 g/mol. The molecule has 0 saturated carbocycles. The maximum absolute atomic E-state index is 15.1. The van der Waals surface area contributed by atoms with Crippen molar-refractivity contribution >= 4 is 16.9 Å². The van der Waals surface area contributed by atoms with Gasteiger partial charge in [0.1, 0.15) is 5.82 Å². The van der Waals surface area contributed by atoms with Crippen molar-refractivity contribution in [1.82, 2.24) is 4.90 Å². The standard InChI is InChI=1S/C21H28FN3/c1-6-8-25-14-17(7-2)15(3)18-13-19(22)21(16(4)20(18)25)24-11-9-23(5)10-12-24/h7,13-14H,2-3,6,8-12H2,1,4-5H3. The lowest BCUT2D eigenvalue weighted by Gasteiger charge is -2.38. The van der Waals surface area contributed by atoms with Gasteiger partial charge in [0, 0.05) is 44.5 Å². The summed E-state index contributed by atoms with van der Waals surface area (Å²) in [7, 11) is 2.11. The Labute approximate surface area is 150 Å². The van der Waals surface area contributed by atoms with E-state index >= 15 is 4.39 Å². The Kier molecular flexibility index (Phi) is 5.00. The number of fused-ring (bicyclic) bond motifs is 1. The second-order valence-electron chi connectivity index (χ2n) is 6.98. The maximum Gasteiger partial charge on any atom is 0.147 e. The van der Waals surface area contributed by atoms with Crippen molar-refractivity contribution in [1.29, 1.82) is 0 Å². The van der Waals surface area contributed by atoms with Gasteiger partial charge >= 0.3 is 0 Å². The van der Waals surface area contributed by atoms with E-state index in [1.54, 1.807) is 12.1 Å². The summed E-state index contributed by atoms with van der Waals surface area (Å²) in [5, 5.41) is 0. The smallest absolute Gasteiger partial charge is 0.147 e. The van der Waals surface area contributed by atoms with Crippen LogP contribution in [0.25, 0.3) is 5.57 Å². The summed E-state index contributed by atoms with van der Waals surface area (Å²) in [5.41, 5.74) is 5.55. The molecule has 3 rings (SSSR count). The van der Waals surface area contributed by atoms with Gasteiger partial charge in [0.05, 0.1) is 11.4 Å². The lowest BCUT2D eigenvalue weighted by molar-refractivity contribution is 0.311. The molecular weight excluding hydrogens is 313 g/mol. The minimum absolute atomic E-state index is 0.149. The Balaban J connectivity index is 2.11. The molecule has 3 nitrogen and oxygen atoms in total. The fraction of sp³-hybridized carbons (Fsp3) is 0.429. The third-order valence-electron chi connectivity index (χ3n) is 5.22. The number of benzene rings is 1. The predicted molar refractivity (Wildman–Crippen MR) is 106 cm³/mol. The van der Waals surface area contributed by atoms with Gasteiger partial charge in [-0.3, -0.25) is 0 Å². The largest absolute Gasteiger partial charge is 0.366 e. The molecular formula is C21H28FN3. The monoisotopic (exact) mass is 341 g/mol. The van der Waals surface area contributed by atoms with Crippen molar-refractivity contribution in [3.8, 4) is 0 Å². The van der Waals surface area contributed by atoms with Gasteiger partial charge in [-0.25, -0.2) is 4.39 Å². The number of rotatable bonds is 4. The van der Waals surface area contributed by atoms with Crippen molar-refractivity contribution < 1.29 is 4.39 Å². The highest BCUT2D eigenvalue weighted by atomic mass is 19.1. The van der Waals surface area contributed by atoms with E-state index in [9.17, 15) is 0 Å². The van der Waals surface area contributed by atoms with Crippen molar-refractivity contribution in [2.75, 3.05) is 49.6 Å². The van der Waals surface area contributed by atoms with Crippen LogP contribution in [0.2, 0.25) is 0 Å². The first-order valence-electron chi connectivity index (χ1n) is 9.05. The molecule has 0 unspecified atom stereocenters. The van der Waals surface area contributed by atoms with Crippen LogP contribution in [0.15, 0.2) is 37.1 Å². The molecule has 0 atom stereocenters. The highest BCUT2D eigenvalue weighted by molar-refractivity contribution is 5.93. The molecule has 4 heteroatoms.